The van der Waals surface area contributed by atoms with Crippen molar-refractivity contribution in [2.75, 3.05) is 12.3 Å². The molecule has 1 aromatic rings. The second kappa shape index (κ2) is 5.30. The summed E-state index contributed by atoms with van der Waals surface area (Å²) in [4.78, 5) is 11.6. The number of rotatable bonds is 3. The molecule has 0 aliphatic rings. The molecule has 0 radical (unpaired) electrons. The number of halogens is 2. The van der Waals surface area contributed by atoms with Gasteiger partial charge in [0.25, 0.3) is 0 Å². The second-order valence-corrected chi connectivity index (χ2v) is 4.25. The molecule has 5 heteroatoms. The molecule has 16 heavy (non-hydrogen) atoms. The highest BCUT2D eigenvalue weighted by Gasteiger charge is 2.18. The normalized spacial score (nSPS) is 10.2. The Kier molecular flexibility index (Phi) is 4.29. The van der Waals surface area contributed by atoms with E-state index in [1.165, 1.54) is 6.07 Å². The average Bonchev–Trinajstić information content (AvgIpc) is 2.28. The Bertz CT molecular complexity index is 421. The monoisotopic (exact) mass is 289 g/mol. The fraction of sp³-hybridized carbons (Fsp3) is 0.364. The first-order chi connectivity index (χ1) is 7.49. The van der Waals surface area contributed by atoms with Gasteiger partial charge in [0.15, 0.2) is 5.82 Å². The number of esters is 1. The molecule has 2 N–H and O–H groups in total. The molecule has 0 bridgehead atoms. The van der Waals surface area contributed by atoms with Gasteiger partial charge in [0.2, 0.25) is 0 Å². The molecule has 0 unspecified atom stereocenters. The molecule has 0 heterocycles. The second-order valence-electron chi connectivity index (χ2n) is 3.39. The molecule has 0 saturated carbocycles. The molecule has 0 fully saturated rings. The SMILES string of the molecule is CCCOC(=O)c1cc(Br)c(C)c(F)c1N. The first kappa shape index (κ1) is 13.0. The molecule has 1 rings (SSSR count). The number of benzene rings is 1. The van der Waals surface area contributed by atoms with Crippen molar-refractivity contribution < 1.29 is 13.9 Å². The molecule has 0 atom stereocenters. The Morgan fingerprint density at radius 3 is 2.81 bits per heavy atom. The van der Waals surface area contributed by atoms with Crippen LogP contribution in [0.2, 0.25) is 0 Å². The lowest BCUT2D eigenvalue weighted by Crippen LogP contribution is -2.11. The molecular formula is C11H13BrFNO2. The first-order valence-corrected chi connectivity index (χ1v) is 5.69. The predicted octanol–water partition coefficient (Wildman–Crippen LogP) is 3.05. The number of hydrogen-bond donors (Lipinski definition) is 1. The number of carbonyl (C=O) groups excluding carboxylic acids is 1. The van der Waals surface area contributed by atoms with Crippen LogP contribution < -0.4 is 5.73 Å². The zero-order chi connectivity index (χ0) is 12.3. The Hall–Kier alpha value is -1.10. The summed E-state index contributed by atoms with van der Waals surface area (Å²) in [7, 11) is 0. The van der Waals surface area contributed by atoms with Gasteiger partial charge in [-0.2, -0.15) is 0 Å². The quantitative estimate of drug-likeness (QED) is 0.687. The zero-order valence-electron chi connectivity index (χ0n) is 9.14. The van der Waals surface area contributed by atoms with Crippen LogP contribution in [0.1, 0.15) is 29.3 Å². The van der Waals surface area contributed by atoms with Crippen LogP contribution in [0.3, 0.4) is 0 Å². The van der Waals surface area contributed by atoms with Gasteiger partial charge in [0.1, 0.15) is 0 Å². The molecule has 0 saturated heterocycles. The van der Waals surface area contributed by atoms with Crippen LogP contribution in [0, 0.1) is 12.7 Å². The number of ether oxygens (including phenoxy) is 1. The van der Waals surface area contributed by atoms with E-state index in [-0.39, 0.29) is 11.3 Å². The highest BCUT2D eigenvalue weighted by molar-refractivity contribution is 9.10. The molecule has 0 aliphatic heterocycles. The largest absolute Gasteiger partial charge is 0.462 e. The third-order valence-electron chi connectivity index (χ3n) is 2.14. The van der Waals surface area contributed by atoms with E-state index in [9.17, 15) is 9.18 Å². The molecule has 1 aromatic carbocycles. The van der Waals surface area contributed by atoms with Crippen molar-refractivity contribution in [1.82, 2.24) is 0 Å². The van der Waals surface area contributed by atoms with E-state index in [4.69, 9.17) is 10.5 Å². The van der Waals surface area contributed by atoms with Crippen LogP contribution in [-0.4, -0.2) is 12.6 Å². The van der Waals surface area contributed by atoms with Crippen molar-refractivity contribution in [3.63, 3.8) is 0 Å². The lowest BCUT2D eigenvalue weighted by molar-refractivity contribution is 0.0506. The number of nitrogen functional groups attached to an aromatic ring is 1. The number of carbonyl (C=O) groups is 1. The minimum atomic E-state index is -0.598. The zero-order valence-corrected chi connectivity index (χ0v) is 10.7. The number of anilines is 1. The van der Waals surface area contributed by atoms with Crippen molar-refractivity contribution in [2.45, 2.75) is 20.3 Å². The van der Waals surface area contributed by atoms with Crippen molar-refractivity contribution >= 4 is 27.6 Å². The van der Waals surface area contributed by atoms with Crippen LogP contribution in [-0.2, 0) is 4.74 Å². The van der Waals surface area contributed by atoms with Crippen LogP contribution >= 0.6 is 15.9 Å². The highest BCUT2D eigenvalue weighted by Crippen LogP contribution is 2.27. The minimum Gasteiger partial charge on any atom is -0.462 e. The van der Waals surface area contributed by atoms with Gasteiger partial charge in [-0.05, 0) is 19.4 Å². The van der Waals surface area contributed by atoms with Gasteiger partial charge in [-0.3, -0.25) is 0 Å². The van der Waals surface area contributed by atoms with Gasteiger partial charge in [-0.1, -0.05) is 22.9 Å². The summed E-state index contributed by atoms with van der Waals surface area (Å²) in [6.45, 7) is 3.75. The maximum absolute atomic E-state index is 13.6. The molecular weight excluding hydrogens is 277 g/mol. The van der Waals surface area contributed by atoms with Crippen LogP contribution in [0.25, 0.3) is 0 Å². The summed E-state index contributed by atoms with van der Waals surface area (Å²) in [5.41, 5.74) is 5.80. The van der Waals surface area contributed by atoms with Gasteiger partial charge < -0.3 is 10.5 Å². The summed E-state index contributed by atoms with van der Waals surface area (Å²) >= 11 is 3.16. The lowest BCUT2D eigenvalue weighted by atomic mass is 10.1. The summed E-state index contributed by atoms with van der Waals surface area (Å²) in [5, 5.41) is 0. The molecule has 0 amide bonds. The Balaban J connectivity index is 3.10. The van der Waals surface area contributed by atoms with Crippen molar-refractivity contribution in [2.24, 2.45) is 0 Å². The van der Waals surface area contributed by atoms with Crippen molar-refractivity contribution in [3.8, 4) is 0 Å². The maximum Gasteiger partial charge on any atom is 0.340 e. The van der Waals surface area contributed by atoms with Crippen LogP contribution in [0.15, 0.2) is 10.5 Å². The van der Waals surface area contributed by atoms with Gasteiger partial charge in [0.05, 0.1) is 17.9 Å². The number of hydrogen-bond acceptors (Lipinski definition) is 3. The van der Waals surface area contributed by atoms with Crippen molar-refractivity contribution in [3.05, 3.63) is 27.5 Å². The summed E-state index contributed by atoms with van der Waals surface area (Å²) in [6.07, 6.45) is 0.709. The predicted molar refractivity (Wildman–Crippen MR) is 63.8 cm³/mol. The Morgan fingerprint density at radius 2 is 2.25 bits per heavy atom. The Labute approximate surface area is 102 Å². The molecule has 0 spiro atoms. The van der Waals surface area contributed by atoms with E-state index in [0.717, 1.165) is 0 Å². The van der Waals surface area contributed by atoms with E-state index in [1.54, 1.807) is 6.92 Å². The van der Waals surface area contributed by atoms with Gasteiger partial charge in [-0.15, -0.1) is 0 Å². The molecule has 0 aliphatic carbocycles. The van der Waals surface area contributed by atoms with E-state index in [1.807, 2.05) is 6.92 Å². The third-order valence-corrected chi connectivity index (χ3v) is 2.97. The van der Waals surface area contributed by atoms with Gasteiger partial charge >= 0.3 is 5.97 Å². The van der Waals surface area contributed by atoms with Crippen LogP contribution in [0.4, 0.5) is 10.1 Å². The van der Waals surface area contributed by atoms with Crippen LogP contribution in [0.5, 0.6) is 0 Å². The van der Waals surface area contributed by atoms with E-state index in [0.29, 0.717) is 23.1 Å². The Morgan fingerprint density at radius 1 is 1.62 bits per heavy atom. The fourth-order valence-electron chi connectivity index (χ4n) is 1.18. The summed E-state index contributed by atoms with van der Waals surface area (Å²) in [6, 6.07) is 1.48. The summed E-state index contributed by atoms with van der Waals surface area (Å²) in [5.74, 6) is -1.18. The first-order valence-electron chi connectivity index (χ1n) is 4.90. The van der Waals surface area contributed by atoms with E-state index >= 15 is 0 Å². The topological polar surface area (TPSA) is 52.3 Å². The van der Waals surface area contributed by atoms with Gasteiger partial charge in [-0.25, -0.2) is 9.18 Å². The standard InChI is InChI=1S/C11H13BrFNO2/c1-3-4-16-11(15)7-5-8(12)6(2)9(13)10(7)14/h5H,3-4,14H2,1-2H3. The highest BCUT2D eigenvalue weighted by atomic mass is 79.9. The molecule has 88 valence electrons. The van der Waals surface area contributed by atoms with E-state index in [2.05, 4.69) is 15.9 Å². The minimum absolute atomic E-state index is 0.0587. The average molecular weight is 290 g/mol. The number of nitrogens with two attached hydrogens (primary N) is 1. The third kappa shape index (κ3) is 2.52. The molecule has 0 aromatic heterocycles. The fourth-order valence-corrected chi connectivity index (χ4v) is 1.58. The molecule has 3 nitrogen and oxygen atoms in total. The smallest absolute Gasteiger partial charge is 0.340 e. The maximum atomic E-state index is 13.6. The summed E-state index contributed by atoms with van der Waals surface area (Å²) < 4.78 is 19.0. The van der Waals surface area contributed by atoms with E-state index < -0.39 is 11.8 Å². The van der Waals surface area contributed by atoms with Gasteiger partial charge in [0, 0.05) is 10.0 Å². The van der Waals surface area contributed by atoms with Crippen molar-refractivity contribution in [1.29, 1.82) is 0 Å². The lowest BCUT2D eigenvalue weighted by Gasteiger charge is -2.10.